The van der Waals surface area contributed by atoms with Crippen LogP contribution in [-0.4, -0.2) is 30.5 Å². The van der Waals surface area contributed by atoms with Crippen molar-refractivity contribution in [1.82, 2.24) is 4.90 Å². The van der Waals surface area contributed by atoms with E-state index in [1.165, 1.54) is 0 Å². The van der Waals surface area contributed by atoms with Crippen molar-refractivity contribution in [2.24, 2.45) is 0 Å². The van der Waals surface area contributed by atoms with Crippen LogP contribution in [0.15, 0.2) is 24.3 Å². The van der Waals surface area contributed by atoms with E-state index in [2.05, 4.69) is 0 Å². The van der Waals surface area contributed by atoms with Gasteiger partial charge in [0, 0.05) is 20.0 Å². The molecular weight excluding hydrogens is 190 g/mol. The Morgan fingerprint density at radius 1 is 1.53 bits per heavy atom. The van der Waals surface area contributed by atoms with Gasteiger partial charge in [-0.25, -0.2) is 0 Å². The van der Waals surface area contributed by atoms with Crippen LogP contribution in [0.5, 0.6) is 5.75 Å². The molecule has 3 heteroatoms. The van der Waals surface area contributed by atoms with Crippen molar-refractivity contribution in [3.8, 4) is 5.75 Å². The van der Waals surface area contributed by atoms with E-state index in [4.69, 9.17) is 4.74 Å². The minimum Gasteiger partial charge on any atom is -0.480 e. The Labute approximate surface area is 89.7 Å². The summed E-state index contributed by atoms with van der Waals surface area (Å²) in [5, 5.41) is 0. The fraction of sp³-hybridized carbons (Fsp3) is 0.417. The molecule has 1 aliphatic rings. The van der Waals surface area contributed by atoms with Crippen molar-refractivity contribution in [2.45, 2.75) is 19.4 Å². The molecule has 0 spiro atoms. The number of fused-ring (bicyclic) bond motifs is 1. The standard InChI is InChI=1S/C12H15NO2/c1-3-13(2)12(14)11-8-9-6-4-5-7-10(9)15-11/h4-7,11H,3,8H2,1-2H3. The molecule has 1 atom stereocenters. The highest BCUT2D eigenvalue weighted by Gasteiger charge is 2.30. The summed E-state index contributed by atoms with van der Waals surface area (Å²) in [6.45, 7) is 2.68. The van der Waals surface area contributed by atoms with E-state index in [1.54, 1.807) is 11.9 Å². The number of hydrogen-bond acceptors (Lipinski definition) is 2. The van der Waals surface area contributed by atoms with Gasteiger partial charge in [-0.3, -0.25) is 4.79 Å². The molecule has 1 amide bonds. The average Bonchev–Trinajstić information content (AvgIpc) is 2.70. The number of carbonyl (C=O) groups excluding carboxylic acids is 1. The maximum atomic E-state index is 11.8. The number of nitrogens with zero attached hydrogens (tertiary/aromatic N) is 1. The highest BCUT2D eigenvalue weighted by molar-refractivity contribution is 5.82. The molecule has 1 unspecified atom stereocenters. The van der Waals surface area contributed by atoms with Gasteiger partial charge in [-0.2, -0.15) is 0 Å². The summed E-state index contributed by atoms with van der Waals surface area (Å²) in [5.41, 5.74) is 1.13. The molecule has 0 fully saturated rings. The number of amides is 1. The van der Waals surface area contributed by atoms with Crippen LogP contribution in [0.3, 0.4) is 0 Å². The molecule has 0 aliphatic carbocycles. The van der Waals surface area contributed by atoms with Gasteiger partial charge in [0.1, 0.15) is 5.75 Å². The monoisotopic (exact) mass is 205 g/mol. The van der Waals surface area contributed by atoms with E-state index in [9.17, 15) is 4.79 Å². The third-order valence-corrected chi connectivity index (χ3v) is 2.77. The minimum absolute atomic E-state index is 0.0636. The molecule has 1 heterocycles. The van der Waals surface area contributed by atoms with Gasteiger partial charge in [-0.1, -0.05) is 18.2 Å². The quantitative estimate of drug-likeness (QED) is 0.731. The second kappa shape index (κ2) is 3.93. The van der Waals surface area contributed by atoms with E-state index >= 15 is 0 Å². The largest absolute Gasteiger partial charge is 0.480 e. The first-order chi connectivity index (χ1) is 7.22. The Kier molecular flexibility index (Phi) is 2.62. The summed E-state index contributed by atoms with van der Waals surface area (Å²) in [6.07, 6.45) is 0.367. The van der Waals surface area contributed by atoms with E-state index in [-0.39, 0.29) is 12.0 Å². The van der Waals surface area contributed by atoms with E-state index in [1.807, 2.05) is 31.2 Å². The fourth-order valence-electron chi connectivity index (χ4n) is 1.72. The lowest BCUT2D eigenvalue weighted by atomic mass is 10.1. The van der Waals surface area contributed by atoms with Crippen LogP contribution in [0, 0.1) is 0 Å². The summed E-state index contributed by atoms with van der Waals surface area (Å²) in [6, 6.07) is 7.82. The molecular formula is C12H15NO2. The number of carbonyl (C=O) groups is 1. The molecule has 0 saturated carbocycles. The van der Waals surface area contributed by atoms with Crippen LogP contribution in [-0.2, 0) is 11.2 Å². The summed E-state index contributed by atoms with van der Waals surface area (Å²) in [5.74, 6) is 0.911. The van der Waals surface area contributed by atoms with E-state index in [0.717, 1.165) is 17.9 Å². The number of para-hydroxylation sites is 1. The highest BCUT2D eigenvalue weighted by Crippen LogP contribution is 2.28. The minimum atomic E-state index is -0.327. The van der Waals surface area contributed by atoms with Crippen LogP contribution >= 0.6 is 0 Å². The summed E-state index contributed by atoms with van der Waals surface area (Å²) < 4.78 is 5.60. The Hall–Kier alpha value is -1.51. The average molecular weight is 205 g/mol. The smallest absolute Gasteiger partial charge is 0.263 e. The third kappa shape index (κ3) is 1.82. The van der Waals surface area contributed by atoms with Crippen molar-refractivity contribution in [1.29, 1.82) is 0 Å². The molecule has 0 bridgehead atoms. The summed E-state index contributed by atoms with van der Waals surface area (Å²) >= 11 is 0. The van der Waals surface area contributed by atoms with Gasteiger partial charge in [0.05, 0.1) is 0 Å². The van der Waals surface area contributed by atoms with Crippen LogP contribution < -0.4 is 4.74 Å². The Bertz CT molecular complexity index is 351. The molecule has 2 rings (SSSR count). The van der Waals surface area contributed by atoms with Crippen LogP contribution in [0.2, 0.25) is 0 Å². The molecule has 0 N–H and O–H groups in total. The third-order valence-electron chi connectivity index (χ3n) is 2.77. The molecule has 1 aromatic carbocycles. The zero-order valence-electron chi connectivity index (χ0n) is 9.06. The second-order valence-corrected chi connectivity index (χ2v) is 3.77. The van der Waals surface area contributed by atoms with Crippen molar-refractivity contribution in [3.05, 3.63) is 29.8 Å². The van der Waals surface area contributed by atoms with Crippen molar-refractivity contribution in [3.63, 3.8) is 0 Å². The maximum absolute atomic E-state index is 11.8. The number of hydrogen-bond donors (Lipinski definition) is 0. The number of rotatable bonds is 2. The summed E-state index contributed by atoms with van der Waals surface area (Å²) in [7, 11) is 1.80. The normalized spacial score (nSPS) is 18.1. The zero-order chi connectivity index (χ0) is 10.8. The molecule has 3 nitrogen and oxygen atoms in total. The van der Waals surface area contributed by atoms with Crippen LogP contribution in [0.1, 0.15) is 12.5 Å². The number of ether oxygens (including phenoxy) is 1. The van der Waals surface area contributed by atoms with Gasteiger partial charge in [0.2, 0.25) is 0 Å². The lowest BCUT2D eigenvalue weighted by Gasteiger charge is -2.18. The first-order valence-electron chi connectivity index (χ1n) is 5.22. The summed E-state index contributed by atoms with van der Waals surface area (Å²) in [4.78, 5) is 13.5. The van der Waals surface area contributed by atoms with Crippen LogP contribution in [0.25, 0.3) is 0 Å². The van der Waals surface area contributed by atoms with Gasteiger partial charge in [-0.15, -0.1) is 0 Å². The van der Waals surface area contributed by atoms with Crippen molar-refractivity contribution in [2.75, 3.05) is 13.6 Å². The van der Waals surface area contributed by atoms with Gasteiger partial charge < -0.3 is 9.64 Å². The zero-order valence-corrected chi connectivity index (χ0v) is 9.06. The van der Waals surface area contributed by atoms with E-state index < -0.39 is 0 Å². The lowest BCUT2D eigenvalue weighted by molar-refractivity contribution is -0.136. The second-order valence-electron chi connectivity index (χ2n) is 3.77. The van der Waals surface area contributed by atoms with Gasteiger partial charge in [0.15, 0.2) is 6.10 Å². The fourth-order valence-corrected chi connectivity index (χ4v) is 1.72. The Balaban J connectivity index is 2.10. The topological polar surface area (TPSA) is 29.5 Å². The molecule has 1 aliphatic heterocycles. The Morgan fingerprint density at radius 2 is 2.27 bits per heavy atom. The molecule has 15 heavy (non-hydrogen) atoms. The first-order valence-corrected chi connectivity index (χ1v) is 5.22. The van der Waals surface area contributed by atoms with Gasteiger partial charge >= 0.3 is 0 Å². The lowest BCUT2D eigenvalue weighted by Crippen LogP contribution is -2.38. The highest BCUT2D eigenvalue weighted by atomic mass is 16.5. The molecule has 1 aromatic rings. The van der Waals surface area contributed by atoms with Gasteiger partial charge in [-0.05, 0) is 18.6 Å². The molecule has 0 saturated heterocycles. The Morgan fingerprint density at radius 3 is 2.93 bits per heavy atom. The first kappa shape index (κ1) is 10.0. The van der Waals surface area contributed by atoms with Crippen LogP contribution in [0.4, 0.5) is 0 Å². The molecule has 0 radical (unpaired) electrons. The molecule has 0 aromatic heterocycles. The number of benzene rings is 1. The van der Waals surface area contributed by atoms with E-state index in [0.29, 0.717) is 6.42 Å². The van der Waals surface area contributed by atoms with Crippen molar-refractivity contribution < 1.29 is 9.53 Å². The van der Waals surface area contributed by atoms with Crippen molar-refractivity contribution >= 4 is 5.91 Å². The number of likely N-dealkylation sites (N-methyl/N-ethyl adjacent to an activating group) is 1. The predicted molar refractivity (Wildman–Crippen MR) is 57.9 cm³/mol. The molecule has 80 valence electrons. The van der Waals surface area contributed by atoms with Gasteiger partial charge in [0.25, 0.3) is 5.91 Å². The predicted octanol–water partition coefficient (Wildman–Crippen LogP) is 1.47. The maximum Gasteiger partial charge on any atom is 0.263 e. The SMILES string of the molecule is CCN(C)C(=O)C1Cc2ccccc2O1.